The van der Waals surface area contributed by atoms with E-state index in [0.717, 1.165) is 17.8 Å². The van der Waals surface area contributed by atoms with Crippen LogP contribution in [0, 0.1) is 12.8 Å². The molecule has 0 fully saturated rings. The number of carbonyl (C=O) groups excluding carboxylic acids is 1. The third-order valence-electron chi connectivity index (χ3n) is 2.21. The van der Waals surface area contributed by atoms with E-state index in [-0.39, 0.29) is 5.91 Å². The highest BCUT2D eigenvalue weighted by Gasteiger charge is 2.04. The van der Waals surface area contributed by atoms with Gasteiger partial charge in [0, 0.05) is 17.8 Å². The summed E-state index contributed by atoms with van der Waals surface area (Å²) in [7, 11) is 0. The maximum Gasteiger partial charge on any atom is 0.248 e. The van der Waals surface area contributed by atoms with E-state index in [1.165, 1.54) is 0 Å². The number of hydrogen-bond acceptors (Lipinski definition) is 2. The topological polar surface area (TPSA) is 55.1 Å². The minimum atomic E-state index is -0.381. The zero-order valence-electron chi connectivity index (χ0n) is 9.50. The highest BCUT2D eigenvalue weighted by Crippen LogP contribution is 2.16. The van der Waals surface area contributed by atoms with E-state index in [4.69, 9.17) is 5.73 Å². The predicted molar refractivity (Wildman–Crippen MR) is 63.0 cm³/mol. The summed E-state index contributed by atoms with van der Waals surface area (Å²) in [6, 6.07) is 5.46. The maximum atomic E-state index is 10.9. The minimum absolute atomic E-state index is 0.381. The lowest BCUT2D eigenvalue weighted by Gasteiger charge is -2.12. The normalized spacial score (nSPS) is 10.4. The smallest absolute Gasteiger partial charge is 0.248 e. The van der Waals surface area contributed by atoms with E-state index < -0.39 is 0 Å². The number of benzene rings is 1. The van der Waals surface area contributed by atoms with Crippen molar-refractivity contribution in [3.63, 3.8) is 0 Å². The van der Waals surface area contributed by atoms with Crippen molar-refractivity contribution in [3.8, 4) is 0 Å². The summed E-state index contributed by atoms with van der Waals surface area (Å²) in [5, 5.41) is 3.33. The molecule has 0 spiro atoms. The third kappa shape index (κ3) is 3.27. The number of anilines is 1. The van der Waals surface area contributed by atoms with Gasteiger partial charge < -0.3 is 11.1 Å². The summed E-state index contributed by atoms with van der Waals surface area (Å²) >= 11 is 0. The van der Waals surface area contributed by atoms with Gasteiger partial charge in [-0.1, -0.05) is 13.8 Å². The second kappa shape index (κ2) is 4.82. The maximum absolute atomic E-state index is 10.9. The fraction of sp³-hybridized carbons (Fsp3) is 0.417. The zero-order valence-corrected chi connectivity index (χ0v) is 9.50. The zero-order chi connectivity index (χ0) is 11.4. The first-order valence-electron chi connectivity index (χ1n) is 5.15. The first-order valence-corrected chi connectivity index (χ1v) is 5.15. The Hall–Kier alpha value is -1.51. The van der Waals surface area contributed by atoms with Gasteiger partial charge in [0.1, 0.15) is 0 Å². The molecule has 0 atom stereocenters. The summed E-state index contributed by atoms with van der Waals surface area (Å²) < 4.78 is 0. The van der Waals surface area contributed by atoms with Crippen LogP contribution in [0.25, 0.3) is 0 Å². The molecule has 82 valence electrons. The Morgan fingerprint density at radius 2 is 2.13 bits per heavy atom. The van der Waals surface area contributed by atoms with Crippen LogP contribution in [0.4, 0.5) is 5.69 Å². The van der Waals surface area contributed by atoms with Crippen LogP contribution in [0.1, 0.15) is 29.8 Å². The molecule has 0 aromatic heterocycles. The molecular weight excluding hydrogens is 188 g/mol. The fourth-order valence-electron chi connectivity index (χ4n) is 1.33. The number of nitrogens with two attached hydrogens (primary N) is 1. The van der Waals surface area contributed by atoms with Gasteiger partial charge in [0.15, 0.2) is 0 Å². The molecule has 1 aromatic rings. The molecule has 0 unspecified atom stereocenters. The van der Waals surface area contributed by atoms with Crippen LogP contribution in [0.2, 0.25) is 0 Å². The molecule has 1 amide bonds. The van der Waals surface area contributed by atoms with Gasteiger partial charge in [-0.25, -0.2) is 0 Å². The molecular formula is C12H18N2O. The van der Waals surface area contributed by atoms with Crippen LogP contribution in [0.3, 0.4) is 0 Å². The lowest BCUT2D eigenvalue weighted by molar-refractivity contribution is 0.1000. The van der Waals surface area contributed by atoms with Gasteiger partial charge >= 0.3 is 0 Å². The van der Waals surface area contributed by atoms with E-state index in [0.29, 0.717) is 11.5 Å². The van der Waals surface area contributed by atoms with Crippen molar-refractivity contribution in [2.45, 2.75) is 20.8 Å². The summed E-state index contributed by atoms with van der Waals surface area (Å²) in [6.45, 7) is 7.20. The lowest BCUT2D eigenvalue weighted by Crippen LogP contribution is -2.12. The van der Waals surface area contributed by atoms with Crippen LogP contribution in [0.5, 0.6) is 0 Å². The monoisotopic (exact) mass is 206 g/mol. The van der Waals surface area contributed by atoms with Crippen molar-refractivity contribution in [2.75, 3.05) is 11.9 Å². The largest absolute Gasteiger partial charge is 0.385 e. The quantitative estimate of drug-likeness (QED) is 0.793. The average Bonchev–Trinajstić information content (AvgIpc) is 2.15. The molecule has 15 heavy (non-hydrogen) atoms. The van der Waals surface area contributed by atoms with Crippen molar-refractivity contribution in [3.05, 3.63) is 29.3 Å². The van der Waals surface area contributed by atoms with E-state index in [1.807, 2.05) is 19.1 Å². The molecule has 0 heterocycles. The lowest BCUT2D eigenvalue weighted by atomic mass is 10.1. The van der Waals surface area contributed by atoms with E-state index in [2.05, 4.69) is 19.2 Å². The van der Waals surface area contributed by atoms with Crippen LogP contribution in [-0.2, 0) is 0 Å². The van der Waals surface area contributed by atoms with Crippen molar-refractivity contribution < 1.29 is 4.79 Å². The van der Waals surface area contributed by atoms with Crippen molar-refractivity contribution in [2.24, 2.45) is 11.7 Å². The molecule has 0 bridgehead atoms. The van der Waals surface area contributed by atoms with Gasteiger partial charge in [-0.3, -0.25) is 4.79 Å². The first kappa shape index (κ1) is 11.6. The SMILES string of the molecule is Cc1cc(C(N)=O)ccc1NCC(C)C. The Balaban J connectivity index is 2.79. The highest BCUT2D eigenvalue weighted by atomic mass is 16.1. The van der Waals surface area contributed by atoms with Gasteiger partial charge in [0.25, 0.3) is 0 Å². The number of primary amides is 1. The van der Waals surface area contributed by atoms with Crippen LogP contribution < -0.4 is 11.1 Å². The highest BCUT2D eigenvalue weighted by molar-refractivity contribution is 5.93. The van der Waals surface area contributed by atoms with Crippen molar-refractivity contribution >= 4 is 11.6 Å². The van der Waals surface area contributed by atoms with Crippen LogP contribution in [-0.4, -0.2) is 12.5 Å². The molecule has 0 aliphatic heterocycles. The Bertz CT molecular complexity index is 359. The second-order valence-corrected chi connectivity index (χ2v) is 4.17. The molecule has 1 aromatic carbocycles. The van der Waals surface area contributed by atoms with E-state index in [1.54, 1.807) is 6.07 Å². The standard InChI is InChI=1S/C12H18N2O/c1-8(2)7-14-11-5-4-10(12(13)15)6-9(11)3/h4-6,8,14H,7H2,1-3H3,(H2,13,15). The van der Waals surface area contributed by atoms with Crippen molar-refractivity contribution in [1.82, 2.24) is 0 Å². The first-order chi connectivity index (χ1) is 7.00. The van der Waals surface area contributed by atoms with E-state index >= 15 is 0 Å². The summed E-state index contributed by atoms with van der Waals surface area (Å²) in [4.78, 5) is 10.9. The van der Waals surface area contributed by atoms with Crippen molar-refractivity contribution in [1.29, 1.82) is 0 Å². The second-order valence-electron chi connectivity index (χ2n) is 4.17. The third-order valence-corrected chi connectivity index (χ3v) is 2.21. The molecule has 1 rings (SSSR count). The molecule has 0 radical (unpaired) electrons. The molecule has 0 saturated carbocycles. The Morgan fingerprint density at radius 1 is 1.47 bits per heavy atom. The van der Waals surface area contributed by atoms with Gasteiger partial charge in [0.2, 0.25) is 5.91 Å². The fourth-order valence-corrected chi connectivity index (χ4v) is 1.33. The molecule has 3 heteroatoms. The minimum Gasteiger partial charge on any atom is -0.385 e. The molecule has 0 saturated heterocycles. The summed E-state index contributed by atoms with van der Waals surface area (Å²) in [5.41, 5.74) is 7.87. The van der Waals surface area contributed by atoms with Gasteiger partial charge in [-0.15, -0.1) is 0 Å². The number of amides is 1. The predicted octanol–water partition coefficient (Wildman–Crippen LogP) is 2.16. The van der Waals surface area contributed by atoms with Crippen LogP contribution in [0.15, 0.2) is 18.2 Å². The Labute approximate surface area is 90.7 Å². The van der Waals surface area contributed by atoms with Gasteiger partial charge in [0.05, 0.1) is 0 Å². The van der Waals surface area contributed by atoms with E-state index in [9.17, 15) is 4.79 Å². The van der Waals surface area contributed by atoms with Gasteiger partial charge in [-0.2, -0.15) is 0 Å². The molecule has 3 nitrogen and oxygen atoms in total. The number of aryl methyl sites for hydroxylation is 1. The summed E-state index contributed by atoms with van der Waals surface area (Å²) in [5.74, 6) is 0.216. The van der Waals surface area contributed by atoms with Gasteiger partial charge in [-0.05, 0) is 36.6 Å². The number of rotatable bonds is 4. The number of nitrogens with one attached hydrogen (secondary N) is 1. The molecule has 3 N–H and O–H groups in total. The Kier molecular flexibility index (Phi) is 3.72. The Morgan fingerprint density at radius 3 is 2.60 bits per heavy atom. The molecule has 0 aliphatic carbocycles. The number of hydrogen-bond donors (Lipinski definition) is 2. The average molecular weight is 206 g/mol. The number of carbonyl (C=O) groups is 1. The molecule has 0 aliphatic rings. The summed E-state index contributed by atoms with van der Waals surface area (Å²) in [6.07, 6.45) is 0. The van der Waals surface area contributed by atoms with Crippen LogP contribution >= 0.6 is 0 Å².